The number of nitrogens with zero attached hydrogens (tertiary/aromatic N) is 3. The van der Waals surface area contributed by atoms with Gasteiger partial charge in [-0.1, -0.05) is 62.9 Å². The molecule has 1 unspecified atom stereocenters. The van der Waals surface area contributed by atoms with Crippen LogP contribution in [0.4, 0.5) is 5.00 Å². The minimum absolute atomic E-state index is 0.142. The third kappa shape index (κ3) is 6.15. The van der Waals surface area contributed by atoms with E-state index in [1.165, 1.54) is 33.5 Å². The van der Waals surface area contributed by atoms with Crippen molar-refractivity contribution in [3.63, 3.8) is 0 Å². The molecule has 2 heterocycles. The minimum atomic E-state index is -0.364. The van der Waals surface area contributed by atoms with E-state index in [9.17, 15) is 9.59 Å². The molecule has 1 N–H and O–H groups in total. The van der Waals surface area contributed by atoms with Crippen molar-refractivity contribution in [2.75, 3.05) is 17.7 Å². The quantitative estimate of drug-likeness (QED) is 0.184. The van der Waals surface area contributed by atoms with Crippen LogP contribution in [-0.2, 0) is 28.9 Å². The van der Waals surface area contributed by atoms with Crippen LogP contribution in [0.3, 0.4) is 0 Å². The van der Waals surface area contributed by atoms with Gasteiger partial charge in [0.2, 0.25) is 5.91 Å². The van der Waals surface area contributed by atoms with E-state index < -0.39 is 0 Å². The number of thiophene rings is 1. The molecule has 1 amide bonds. The number of nitrogens with one attached hydrogen (secondary N) is 1. The number of esters is 1. The summed E-state index contributed by atoms with van der Waals surface area (Å²) in [5, 5.41) is 13.0. The van der Waals surface area contributed by atoms with Crippen LogP contribution in [0.5, 0.6) is 0 Å². The number of rotatable bonds is 10. The average molecular weight is 539 g/mol. The molecule has 0 bridgehead atoms. The fourth-order valence-corrected chi connectivity index (χ4v) is 6.63. The molecule has 1 atom stereocenters. The van der Waals surface area contributed by atoms with E-state index in [1.807, 2.05) is 4.57 Å². The molecule has 1 aliphatic carbocycles. The van der Waals surface area contributed by atoms with E-state index in [0.29, 0.717) is 40.7 Å². The molecule has 1 aromatic carbocycles. The van der Waals surface area contributed by atoms with Crippen LogP contribution in [0.1, 0.15) is 66.4 Å². The maximum absolute atomic E-state index is 13.0. The Hall–Kier alpha value is -2.91. The number of thioether (sulfide) groups is 1. The summed E-state index contributed by atoms with van der Waals surface area (Å²) in [4.78, 5) is 26.9. The normalized spacial score (nSPS) is 14.9. The van der Waals surface area contributed by atoms with Crippen molar-refractivity contribution in [3.05, 3.63) is 58.5 Å². The van der Waals surface area contributed by atoms with Crippen LogP contribution in [0.25, 0.3) is 11.4 Å². The van der Waals surface area contributed by atoms with Crippen LogP contribution in [0.2, 0.25) is 0 Å². The van der Waals surface area contributed by atoms with Crippen molar-refractivity contribution in [3.8, 4) is 11.4 Å². The monoisotopic (exact) mass is 538 g/mol. The van der Waals surface area contributed by atoms with Crippen molar-refractivity contribution in [1.82, 2.24) is 14.8 Å². The van der Waals surface area contributed by atoms with E-state index in [1.54, 1.807) is 13.0 Å². The minimum Gasteiger partial charge on any atom is -0.462 e. The second kappa shape index (κ2) is 12.1. The summed E-state index contributed by atoms with van der Waals surface area (Å²) >= 11 is 2.81. The van der Waals surface area contributed by atoms with Gasteiger partial charge in [-0.15, -0.1) is 28.1 Å². The number of hydrogen-bond acceptors (Lipinski definition) is 7. The van der Waals surface area contributed by atoms with E-state index in [-0.39, 0.29) is 17.6 Å². The number of fused-ring (bicyclic) bond motifs is 1. The molecule has 4 rings (SSSR count). The summed E-state index contributed by atoms with van der Waals surface area (Å²) in [7, 11) is 0. The smallest absolute Gasteiger partial charge is 0.341 e. The molecule has 9 heteroatoms. The summed E-state index contributed by atoms with van der Waals surface area (Å²) in [6.07, 6.45) is 4.57. The van der Waals surface area contributed by atoms with Gasteiger partial charge in [0.05, 0.1) is 17.9 Å². The van der Waals surface area contributed by atoms with Crippen molar-refractivity contribution in [1.29, 1.82) is 0 Å². The molecule has 37 heavy (non-hydrogen) atoms. The zero-order valence-electron chi connectivity index (χ0n) is 21.9. The lowest BCUT2D eigenvalue weighted by atomic mass is 9.88. The van der Waals surface area contributed by atoms with Crippen molar-refractivity contribution in [2.24, 2.45) is 5.92 Å². The zero-order chi connectivity index (χ0) is 26.5. The van der Waals surface area contributed by atoms with E-state index in [4.69, 9.17) is 4.74 Å². The fourth-order valence-electron chi connectivity index (χ4n) is 4.47. The Morgan fingerprint density at radius 1 is 1.30 bits per heavy atom. The van der Waals surface area contributed by atoms with Crippen LogP contribution >= 0.6 is 23.1 Å². The van der Waals surface area contributed by atoms with Crippen molar-refractivity contribution < 1.29 is 14.3 Å². The molecule has 0 fully saturated rings. The third-order valence-corrected chi connectivity index (χ3v) is 8.58. The number of benzene rings is 1. The standard InChI is InChI=1S/C28H34N4O3S2/c1-6-14-32-25(20-11-9-19(10-12-20)17(3)4)30-31-28(32)36-16-23(33)29-26-24(27(34)35-7-2)21-13-8-18(5)15-22(21)37-26/h6,9-12,17-18H,1,7-8,13-16H2,2-5H3,(H,29,33). The summed E-state index contributed by atoms with van der Waals surface area (Å²) in [5.74, 6) is 1.33. The van der Waals surface area contributed by atoms with Crippen molar-refractivity contribution in [2.45, 2.75) is 64.6 Å². The summed E-state index contributed by atoms with van der Waals surface area (Å²) in [6, 6.07) is 8.32. The number of hydrogen-bond donors (Lipinski definition) is 1. The highest BCUT2D eigenvalue weighted by Gasteiger charge is 2.29. The zero-order valence-corrected chi connectivity index (χ0v) is 23.5. The number of ether oxygens (including phenoxy) is 1. The summed E-state index contributed by atoms with van der Waals surface area (Å²) in [5.41, 5.74) is 3.78. The Labute approximate surface area is 226 Å². The summed E-state index contributed by atoms with van der Waals surface area (Å²) in [6.45, 7) is 13.0. The SMILES string of the molecule is C=CCn1c(SCC(=O)Nc2sc3c(c2C(=O)OCC)CCC(C)C3)nnc1-c1ccc(C(C)C)cc1. The van der Waals surface area contributed by atoms with Gasteiger partial charge < -0.3 is 10.1 Å². The lowest BCUT2D eigenvalue weighted by Gasteiger charge is -2.18. The molecule has 0 radical (unpaired) electrons. The molecule has 0 saturated carbocycles. The van der Waals surface area contributed by atoms with Gasteiger partial charge in [-0.3, -0.25) is 9.36 Å². The van der Waals surface area contributed by atoms with Gasteiger partial charge in [0.25, 0.3) is 0 Å². The van der Waals surface area contributed by atoms with Crippen LogP contribution in [0.15, 0.2) is 42.1 Å². The number of amides is 1. The first-order chi connectivity index (χ1) is 17.8. The number of aromatic nitrogens is 3. The first-order valence-corrected chi connectivity index (χ1v) is 14.5. The highest BCUT2D eigenvalue weighted by molar-refractivity contribution is 7.99. The highest BCUT2D eigenvalue weighted by Crippen LogP contribution is 2.40. The first kappa shape index (κ1) is 27.1. The van der Waals surface area contributed by atoms with Gasteiger partial charge in [0.1, 0.15) is 5.00 Å². The Balaban J connectivity index is 1.50. The topological polar surface area (TPSA) is 86.1 Å². The predicted molar refractivity (Wildman–Crippen MR) is 151 cm³/mol. The highest BCUT2D eigenvalue weighted by atomic mass is 32.2. The molecule has 0 spiro atoms. The maximum atomic E-state index is 13.0. The van der Waals surface area contributed by atoms with Gasteiger partial charge in [-0.2, -0.15) is 0 Å². The molecule has 0 saturated heterocycles. The second-order valence-corrected chi connectivity index (χ2v) is 11.6. The lowest BCUT2D eigenvalue weighted by Crippen LogP contribution is -2.18. The Morgan fingerprint density at radius 2 is 2.05 bits per heavy atom. The van der Waals surface area contributed by atoms with E-state index >= 15 is 0 Å². The molecule has 196 valence electrons. The first-order valence-electron chi connectivity index (χ1n) is 12.7. The Kier molecular flexibility index (Phi) is 8.87. The van der Waals surface area contributed by atoms with Gasteiger partial charge in [-0.25, -0.2) is 4.79 Å². The largest absolute Gasteiger partial charge is 0.462 e. The van der Waals surface area contributed by atoms with Crippen molar-refractivity contribution >= 4 is 40.0 Å². The molecular formula is C28H34N4O3S2. The molecule has 3 aromatic rings. The molecular weight excluding hydrogens is 504 g/mol. The number of carbonyl (C=O) groups is 2. The van der Waals surface area contributed by atoms with Gasteiger partial charge in [0.15, 0.2) is 11.0 Å². The van der Waals surface area contributed by atoms with E-state index in [2.05, 4.69) is 67.1 Å². The molecule has 2 aromatic heterocycles. The number of anilines is 1. The van der Waals surface area contributed by atoms with Gasteiger partial charge in [0, 0.05) is 17.0 Å². The molecule has 1 aliphatic rings. The van der Waals surface area contributed by atoms with E-state index in [0.717, 1.165) is 36.2 Å². The third-order valence-electron chi connectivity index (χ3n) is 6.44. The van der Waals surface area contributed by atoms with Gasteiger partial charge >= 0.3 is 5.97 Å². The molecule has 7 nitrogen and oxygen atoms in total. The number of allylic oxidation sites excluding steroid dienone is 1. The van der Waals surface area contributed by atoms with Crippen LogP contribution in [0, 0.1) is 5.92 Å². The number of carbonyl (C=O) groups excluding carboxylic acids is 2. The Morgan fingerprint density at radius 3 is 2.73 bits per heavy atom. The molecule has 0 aliphatic heterocycles. The second-order valence-electron chi connectivity index (χ2n) is 9.60. The average Bonchev–Trinajstić information content (AvgIpc) is 3.43. The van der Waals surface area contributed by atoms with Gasteiger partial charge in [-0.05, 0) is 49.1 Å². The lowest BCUT2D eigenvalue weighted by molar-refractivity contribution is -0.113. The maximum Gasteiger partial charge on any atom is 0.341 e. The van der Waals surface area contributed by atoms with Crippen LogP contribution < -0.4 is 5.32 Å². The van der Waals surface area contributed by atoms with Crippen LogP contribution in [-0.4, -0.2) is 39.0 Å². The Bertz CT molecular complexity index is 1280. The predicted octanol–water partition coefficient (Wildman–Crippen LogP) is 6.35. The summed E-state index contributed by atoms with van der Waals surface area (Å²) < 4.78 is 7.28. The fraction of sp³-hybridized carbons (Fsp3) is 0.429.